The van der Waals surface area contributed by atoms with Crippen LogP contribution in [0.25, 0.3) is 0 Å². The maximum absolute atomic E-state index is 6.23. The maximum Gasteiger partial charge on any atom is 0.161 e. The molecule has 19 heavy (non-hydrogen) atoms. The van der Waals surface area contributed by atoms with Crippen LogP contribution in [0.3, 0.4) is 0 Å². The number of para-hydroxylation sites is 2. The van der Waals surface area contributed by atoms with Crippen LogP contribution < -0.4 is 15.2 Å². The third-order valence-electron chi connectivity index (χ3n) is 3.32. The van der Waals surface area contributed by atoms with Crippen molar-refractivity contribution in [3.63, 3.8) is 0 Å². The molecule has 2 atom stereocenters. The lowest BCUT2D eigenvalue weighted by molar-refractivity contribution is 0.0723. The second-order valence-corrected chi connectivity index (χ2v) is 4.77. The Morgan fingerprint density at radius 1 is 1.00 bits per heavy atom. The van der Waals surface area contributed by atoms with Gasteiger partial charge in [-0.15, -0.1) is 0 Å². The van der Waals surface area contributed by atoms with E-state index < -0.39 is 0 Å². The van der Waals surface area contributed by atoms with Crippen molar-refractivity contribution in [1.29, 1.82) is 0 Å². The normalized spacial score (nSPS) is 18.9. The zero-order valence-electron chi connectivity index (χ0n) is 10.7. The summed E-state index contributed by atoms with van der Waals surface area (Å²) in [7, 11) is 0. The summed E-state index contributed by atoms with van der Waals surface area (Å²) in [5.41, 5.74) is 7.45. The van der Waals surface area contributed by atoms with Gasteiger partial charge in [-0.05, 0) is 24.1 Å². The van der Waals surface area contributed by atoms with E-state index in [0.29, 0.717) is 6.61 Å². The minimum atomic E-state index is -0.102. The number of rotatable bonds is 3. The van der Waals surface area contributed by atoms with Gasteiger partial charge in [0.05, 0.1) is 0 Å². The van der Waals surface area contributed by atoms with Crippen molar-refractivity contribution >= 4 is 0 Å². The number of benzene rings is 2. The lowest BCUT2D eigenvalue weighted by Gasteiger charge is -2.30. The Bertz CT molecular complexity index is 541. The van der Waals surface area contributed by atoms with Crippen molar-refractivity contribution in [2.24, 2.45) is 5.73 Å². The molecule has 0 fully saturated rings. The molecule has 1 aliphatic rings. The van der Waals surface area contributed by atoms with Gasteiger partial charge in [-0.25, -0.2) is 0 Å². The third kappa shape index (κ3) is 2.71. The third-order valence-corrected chi connectivity index (χ3v) is 3.32. The summed E-state index contributed by atoms with van der Waals surface area (Å²) >= 11 is 0. The average molecular weight is 255 g/mol. The highest BCUT2D eigenvalue weighted by Gasteiger charge is 2.26. The fourth-order valence-electron chi connectivity index (χ4n) is 2.26. The topological polar surface area (TPSA) is 44.5 Å². The molecule has 1 aliphatic heterocycles. The maximum atomic E-state index is 6.23. The molecule has 1 heterocycles. The first kappa shape index (κ1) is 12.1. The molecule has 3 heteroatoms. The SMILES string of the molecule is N[C@H](Cc1ccccc1)[C@@H]1COc2ccccc2O1. The molecule has 0 amide bonds. The van der Waals surface area contributed by atoms with E-state index in [4.69, 9.17) is 15.2 Å². The molecule has 0 aromatic heterocycles. The van der Waals surface area contributed by atoms with E-state index in [0.717, 1.165) is 17.9 Å². The minimum absolute atomic E-state index is 0.0734. The van der Waals surface area contributed by atoms with Crippen LogP contribution in [-0.4, -0.2) is 18.8 Å². The van der Waals surface area contributed by atoms with E-state index in [9.17, 15) is 0 Å². The Balaban J connectivity index is 1.68. The Morgan fingerprint density at radius 2 is 1.68 bits per heavy atom. The van der Waals surface area contributed by atoms with Crippen molar-refractivity contribution in [3.8, 4) is 11.5 Å². The lowest BCUT2D eigenvalue weighted by atomic mass is 10.0. The summed E-state index contributed by atoms with van der Waals surface area (Å²) < 4.78 is 11.6. The molecule has 3 rings (SSSR count). The van der Waals surface area contributed by atoms with Crippen molar-refractivity contribution < 1.29 is 9.47 Å². The first-order chi connectivity index (χ1) is 9.33. The van der Waals surface area contributed by atoms with Crippen molar-refractivity contribution in [1.82, 2.24) is 0 Å². The van der Waals surface area contributed by atoms with Crippen molar-refractivity contribution in [2.45, 2.75) is 18.6 Å². The average Bonchev–Trinajstić information content (AvgIpc) is 2.48. The van der Waals surface area contributed by atoms with Crippen LogP contribution in [0.2, 0.25) is 0 Å². The van der Waals surface area contributed by atoms with Crippen molar-refractivity contribution in [2.75, 3.05) is 6.61 Å². The van der Waals surface area contributed by atoms with Gasteiger partial charge in [0.1, 0.15) is 12.7 Å². The predicted molar refractivity (Wildman–Crippen MR) is 74.5 cm³/mol. The summed E-state index contributed by atoms with van der Waals surface area (Å²) in [6.45, 7) is 0.505. The Labute approximate surface area is 113 Å². The van der Waals surface area contributed by atoms with Crippen LogP contribution in [0, 0.1) is 0 Å². The predicted octanol–water partition coefficient (Wildman–Crippen LogP) is 2.40. The largest absolute Gasteiger partial charge is 0.486 e. The number of ether oxygens (including phenoxy) is 2. The summed E-state index contributed by atoms with van der Waals surface area (Å²) in [5.74, 6) is 1.58. The molecule has 0 spiro atoms. The van der Waals surface area contributed by atoms with Crippen LogP contribution >= 0.6 is 0 Å². The lowest BCUT2D eigenvalue weighted by Crippen LogP contribution is -2.46. The molecular formula is C16H17NO2. The highest BCUT2D eigenvalue weighted by Crippen LogP contribution is 2.31. The van der Waals surface area contributed by atoms with E-state index >= 15 is 0 Å². The molecule has 0 bridgehead atoms. The molecule has 2 aromatic carbocycles. The van der Waals surface area contributed by atoms with Crippen LogP contribution in [0.1, 0.15) is 5.56 Å². The molecule has 2 aromatic rings. The zero-order valence-corrected chi connectivity index (χ0v) is 10.7. The molecule has 98 valence electrons. The van der Waals surface area contributed by atoms with Crippen molar-refractivity contribution in [3.05, 3.63) is 60.2 Å². The Hall–Kier alpha value is -2.00. The molecule has 0 saturated carbocycles. The second-order valence-electron chi connectivity index (χ2n) is 4.77. The van der Waals surface area contributed by atoms with Gasteiger partial charge in [-0.2, -0.15) is 0 Å². The minimum Gasteiger partial charge on any atom is -0.486 e. The van der Waals surface area contributed by atoms with E-state index in [-0.39, 0.29) is 12.1 Å². The number of fused-ring (bicyclic) bond motifs is 1. The molecular weight excluding hydrogens is 238 g/mol. The number of hydrogen-bond donors (Lipinski definition) is 1. The summed E-state index contributed by atoms with van der Waals surface area (Å²) in [4.78, 5) is 0. The fraction of sp³-hybridized carbons (Fsp3) is 0.250. The highest BCUT2D eigenvalue weighted by atomic mass is 16.6. The van der Waals surface area contributed by atoms with Gasteiger partial charge in [0, 0.05) is 6.04 Å². The van der Waals surface area contributed by atoms with Gasteiger partial charge in [0.25, 0.3) is 0 Å². The molecule has 0 aliphatic carbocycles. The van der Waals surface area contributed by atoms with Crippen LogP contribution in [0.15, 0.2) is 54.6 Å². The highest BCUT2D eigenvalue weighted by molar-refractivity contribution is 5.40. The quantitative estimate of drug-likeness (QED) is 0.916. The second kappa shape index (κ2) is 5.33. The van der Waals surface area contributed by atoms with Gasteiger partial charge in [0.2, 0.25) is 0 Å². The molecule has 0 unspecified atom stereocenters. The van der Waals surface area contributed by atoms with E-state index in [1.807, 2.05) is 42.5 Å². The van der Waals surface area contributed by atoms with Gasteiger partial charge in [-0.1, -0.05) is 42.5 Å². The van der Waals surface area contributed by atoms with E-state index in [1.54, 1.807) is 0 Å². The van der Waals surface area contributed by atoms with Crippen LogP contribution in [0.4, 0.5) is 0 Å². The van der Waals surface area contributed by atoms with E-state index in [1.165, 1.54) is 5.56 Å². The van der Waals surface area contributed by atoms with Gasteiger partial charge in [-0.3, -0.25) is 0 Å². The summed E-state index contributed by atoms with van der Waals surface area (Å²) in [6, 6.07) is 17.8. The molecule has 0 saturated heterocycles. The van der Waals surface area contributed by atoms with Gasteiger partial charge < -0.3 is 15.2 Å². The first-order valence-corrected chi connectivity index (χ1v) is 6.51. The Kier molecular flexibility index (Phi) is 3.38. The molecule has 0 radical (unpaired) electrons. The smallest absolute Gasteiger partial charge is 0.161 e. The summed E-state index contributed by atoms with van der Waals surface area (Å²) in [5, 5.41) is 0. The summed E-state index contributed by atoms with van der Waals surface area (Å²) in [6.07, 6.45) is 0.687. The van der Waals surface area contributed by atoms with Gasteiger partial charge in [0.15, 0.2) is 11.5 Å². The Morgan fingerprint density at radius 3 is 2.47 bits per heavy atom. The standard InChI is InChI=1S/C16H17NO2/c17-13(10-12-6-2-1-3-7-12)16-11-18-14-8-4-5-9-15(14)19-16/h1-9,13,16H,10-11,17H2/t13-,16+/m1/s1. The number of nitrogens with two attached hydrogens (primary N) is 1. The van der Waals surface area contributed by atoms with Crippen LogP contribution in [-0.2, 0) is 6.42 Å². The number of hydrogen-bond acceptors (Lipinski definition) is 3. The fourth-order valence-corrected chi connectivity index (χ4v) is 2.26. The van der Waals surface area contributed by atoms with Gasteiger partial charge >= 0.3 is 0 Å². The van der Waals surface area contributed by atoms with E-state index in [2.05, 4.69) is 12.1 Å². The first-order valence-electron chi connectivity index (χ1n) is 6.51. The zero-order chi connectivity index (χ0) is 13.1. The molecule has 2 N–H and O–H groups in total. The monoisotopic (exact) mass is 255 g/mol. The molecule has 3 nitrogen and oxygen atoms in total. The van der Waals surface area contributed by atoms with Crippen LogP contribution in [0.5, 0.6) is 11.5 Å².